The molecular weight excluding hydrogens is 461 g/mol. The number of likely N-dealkylation sites (N-methyl/N-ethyl adjacent to an activating group) is 2. The van der Waals surface area contributed by atoms with Gasteiger partial charge in [0.2, 0.25) is 11.8 Å². The van der Waals surface area contributed by atoms with Gasteiger partial charge in [-0.1, -0.05) is 13.8 Å². The van der Waals surface area contributed by atoms with Crippen LogP contribution in [0.5, 0.6) is 0 Å². The Hall–Kier alpha value is -0.310. The molecular formula is C21H42Cl3N5O2. The molecule has 0 aromatic rings. The highest BCUT2D eigenvalue weighted by Gasteiger charge is 2.44. The number of hydrogen-bond donors (Lipinski definition) is 3. The van der Waals surface area contributed by atoms with E-state index in [4.69, 9.17) is 0 Å². The van der Waals surface area contributed by atoms with Crippen molar-refractivity contribution in [1.82, 2.24) is 25.8 Å². The Bertz CT molecular complexity index is 549. The number of rotatable bonds is 7. The molecule has 31 heavy (non-hydrogen) atoms. The van der Waals surface area contributed by atoms with E-state index in [0.29, 0.717) is 13.0 Å². The van der Waals surface area contributed by atoms with E-state index in [1.807, 2.05) is 0 Å². The van der Waals surface area contributed by atoms with Gasteiger partial charge in [-0.15, -0.1) is 37.2 Å². The van der Waals surface area contributed by atoms with Gasteiger partial charge in [-0.05, 0) is 64.8 Å². The summed E-state index contributed by atoms with van der Waals surface area (Å²) in [6.45, 7) is 11.9. The number of nitrogens with zero attached hydrogens (tertiary/aromatic N) is 2. The summed E-state index contributed by atoms with van der Waals surface area (Å²) in [5.41, 5.74) is -0.600. The molecule has 3 aliphatic rings. The zero-order valence-electron chi connectivity index (χ0n) is 19.0. The molecule has 3 rings (SSSR count). The number of carbonyl (C=O) groups is 2. The highest BCUT2D eigenvalue weighted by Crippen LogP contribution is 2.31. The summed E-state index contributed by atoms with van der Waals surface area (Å²) < 4.78 is 0. The fourth-order valence-electron chi connectivity index (χ4n) is 5.01. The quantitative estimate of drug-likeness (QED) is 0.495. The standard InChI is InChI=1S/C21H39N5O2.3ClH/c1-3-25-11-5-7-17(14-25)23-19(27)13-21(9-10-22-16-21)20(28)24-18-8-6-12-26(4-2)15-18;;;/h17-18,22H,3-16H2,1-2H3,(H,23,27)(H,24,28);3*1H. The van der Waals surface area contributed by atoms with Crippen LogP contribution in [0.1, 0.15) is 52.4 Å². The van der Waals surface area contributed by atoms with Crippen molar-refractivity contribution in [1.29, 1.82) is 0 Å². The predicted molar refractivity (Wildman–Crippen MR) is 133 cm³/mol. The minimum atomic E-state index is -0.600. The summed E-state index contributed by atoms with van der Waals surface area (Å²) in [6.07, 6.45) is 5.35. The summed E-state index contributed by atoms with van der Waals surface area (Å²) in [6, 6.07) is 0.422. The molecule has 3 heterocycles. The Kier molecular flexibility index (Phi) is 14.6. The van der Waals surface area contributed by atoms with Crippen molar-refractivity contribution >= 4 is 49.0 Å². The smallest absolute Gasteiger partial charge is 0.228 e. The summed E-state index contributed by atoms with van der Waals surface area (Å²) in [5.74, 6) is 0.0927. The molecule has 3 saturated heterocycles. The van der Waals surface area contributed by atoms with Crippen LogP contribution in [0.25, 0.3) is 0 Å². The number of carbonyl (C=O) groups excluding carboxylic acids is 2. The van der Waals surface area contributed by atoms with Crippen molar-refractivity contribution < 1.29 is 9.59 Å². The fraction of sp³-hybridized carbons (Fsp3) is 0.905. The van der Waals surface area contributed by atoms with Crippen LogP contribution in [0.2, 0.25) is 0 Å². The van der Waals surface area contributed by atoms with Crippen LogP contribution in [-0.2, 0) is 9.59 Å². The number of piperidine rings is 2. The minimum Gasteiger partial charge on any atom is -0.352 e. The number of halogens is 3. The largest absolute Gasteiger partial charge is 0.352 e. The highest BCUT2D eigenvalue weighted by atomic mass is 35.5. The molecule has 0 bridgehead atoms. The zero-order chi connectivity index (χ0) is 20.0. The lowest BCUT2D eigenvalue weighted by Crippen LogP contribution is -2.54. The van der Waals surface area contributed by atoms with E-state index >= 15 is 0 Å². The van der Waals surface area contributed by atoms with Gasteiger partial charge < -0.3 is 25.8 Å². The Labute approximate surface area is 206 Å². The van der Waals surface area contributed by atoms with Crippen LogP contribution < -0.4 is 16.0 Å². The third-order valence-electron chi connectivity index (χ3n) is 6.83. The topological polar surface area (TPSA) is 76.7 Å². The van der Waals surface area contributed by atoms with Gasteiger partial charge in [-0.2, -0.15) is 0 Å². The zero-order valence-corrected chi connectivity index (χ0v) is 21.4. The van der Waals surface area contributed by atoms with E-state index in [9.17, 15) is 9.59 Å². The van der Waals surface area contributed by atoms with E-state index in [0.717, 1.165) is 77.9 Å². The first kappa shape index (κ1) is 30.7. The average molecular weight is 503 g/mol. The van der Waals surface area contributed by atoms with Crippen LogP contribution in [-0.4, -0.2) is 86.1 Å². The maximum absolute atomic E-state index is 13.2. The Morgan fingerprint density at radius 1 is 0.935 bits per heavy atom. The van der Waals surface area contributed by atoms with Gasteiger partial charge in [-0.3, -0.25) is 9.59 Å². The van der Waals surface area contributed by atoms with Crippen LogP contribution in [0.15, 0.2) is 0 Å². The van der Waals surface area contributed by atoms with E-state index in [-0.39, 0.29) is 61.1 Å². The van der Waals surface area contributed by atoms with Crippen molar-refractivity contribution in [3.63, 3.8) is 0 Å². The molecule has 3 atom stereocenters. The lowest BCUT2D eigenvalue weighted by Gasteiger charge is -2.36. The maximum atomic E-state index is 13.2. The Morgan fingerprint density at radius 2 is 1.48 bits per heavy atom. The molecule has 0 aromatic carbocycles. The maximum Gasteiger partial charge on any atom is 0.228 e. The second-order valence-corrected chi connectivity index (χ2v) is 8.89. The van der Waals surface area contributed by atoms with Crippen LogP contribution in [0, 0.1) is 5.41 Å². The van der Waals surface area contributed by atoms with Gasteiger partial charge in [0.1, 0.15) is 0 Å². The van der Waals surface area contributed by atoms with Crippen LogP contribution in [0.4, 0.5) is 0 Å². The predicted octanol–water partition coefficient (Wildman–Crippen LogP) is 1.82. The van der Waals surface area contributed by atoms with Gasteiger partial charge in [-0.25, -0.2) is 0 Å². The first-order valence-corrected chi connectivity index (χ1v) is 11.3. The second kappa shape index (κ2) is 14.8. The van der Waals surface area contributed by atoms with Gasteiger partial charge >= 0.3 is 0 Å². The normalized spacial score (nSPS) is 29.1. The molecule has 0 aromatic heterocycles. The molecule has 0 spiro atoms. The summed E-state index contributed by atoms with van der Waals surface area (Å²) in [7, 11) is 0. The molecule has 2 amide bonds. The van der Waals surface area contributed by atoms with E-state index in [2.05, 4.69) is 39.6 Å². The van der Waals surface area contributed by atoms with Gasteiger partial charge in [0.05, 0.1) is 5.41 Å². The minimum absolute atomic E-state index is 0. The van der Waals surface area contributed by atoms with Gasteiger partial charge in [0, 0.05) is 38.1 Å². The number of nitrogens with one attached hydrogen (secondary N) is 3. The molecule has 3 unspecified atom stereocenters. The van der Waals surface area contributed by atoms with E-state index in [1.165, 1.54) is 0 Å². The Morgan fingerprint density at radius 3 is 1.97 bits per heavy atom. The molecule has 184 valence electrons. The van der Waals surface area contributed by atoms with Crippen LogP contribution in [0.3, 0.4) is 0 Å². The van der Waals surface area contributed by atoms with Crippen molar-refractivity contribution in [3.8, 4) is 0 Å². The lowest BCUT2D eigenvalue weighted by molar-refractivity contribution is -0.136. The first-order valence-electron chi connectivity index (χ1n) is 11.3. The fourth-order valence-corrected chi connectivity index (χ4v) is 5.01. The van der Waals surface area contributed by atoms with Crippen molar-refractivity contribution in [2.24, 2.45) is 5.41 Å². The molecule has 3 N–H and O–H groups in total. The van der Waals surface area contributed by atoms with Gasteiger partial charge in [0.15, 0.2) is 0 Å². The molecule has 3 aliphatic heterocycles. The molecule has 7 nitrogen and oxygen atoms in total. The van der Waals surface area contributed by atoms with Crippen LogP contribution >= 0.6 is 37.2 Å². The summed E-state index contributed by atoms with van der Waals surface area (Å²) in [4.78, 5) is 30.8. The number of hydrogen-bond acceptors (Lipinski definition) is 5. The third kappa shape index (κ3) is 8.52. The number of likely N-dealkylation sites (tertiary alicyclic amines) is 2. The summed E-state index contributed by atoms with van der Waals surface area (Å²) >= 11 is 0. The Balaban J connectivity index is 0.00000300. The molecule has 0 aliphatic carbocycles. The average Bonchev–Trinajstić information content (AvgIpc) is 3.17. The highest BCUT2D eigenvalue weighted by molar-refractivity contribution is 5.90. The molecule has 0 radical (unpaired) electrons. The monoisotopic (exact) mass is 501 g/mol. The SMILES string of the molecule is CCN1CCCC(NC(=O)CC2(C(=O)NC3CCCN(CC)C3)CCNC2)C1.Cl.Cl.Cl. The molecule has 10 heteroatoms. The van der Waals surface area contributed by atoms with E-state index in [1.54, 1.807) is 0 Å². The summed E-state index contributed by atoms with van der Waals surface area (Å²) in [5, 5.41) is 9.81. The van der Waals surface area contributed by atoms with E-state index < -0.39 is 5.41 Å². The van der Waals surface area contributed by atoms with Crippen molar-refractivity contribution in [3.05, 3.63) is 0 Å². The van der Waals surface area contributed by atoms with Crippen molar-refractivity contribution in [2.45, 2.75) is 64.5 Å². The van der Waals surface area contributed by atoms with Gasteiger partial charge in [0.25, 0.3) is 0 Å². The second-order valence-electron chi connectivity index (χ2n) is 8.89. The third-order valence-corrected chi connectivity index (χ3v) is 6.83. The molecule has 0 saturated carbocycles. The lowest BCUT2D eigenvalue weighted by atomic mass is 9.81. The first-order chi connectivity index (χ1) is 13.5. The van der Waals surface area contributed by atoms with Crippen molar-refractivity contribution in [2.75, 3.05) is 52.4 Å². The molecule has 3 fully saturated rings. The number of amides is 2.